The van der Waals surface area contributed by atoms with E-state index in [9.17, 15) is 5.11 Å². The Bertz CT molecular complexity index is 686. The second-order valence-electron chi connectivity index (χ2n) is 5.71. The van der Waals surface area contributed by atoms with Crippen LogP contribution in [0.15, 0.2) is 35.7 Å². The van der Waals surface area contributed by atoms with E-state index in [-0.39, 0.29) is 24.0 Å². The van der Waals surface area contributed by atoms with Gasteiger partial charge in [-0.05, 0) is 25.5 Å². The van der Waals surface area contributed by atoms with E-state index in [1.807, 2.05) is 20.0 Å². The standard InChI is InChI=1S/C16H23ClN6O.HI/c1-4-18-15(20-8-12-5-6-14(17)19-7-12)21-11-16(2,24)13-9-22-23(3)10-13;/h5-7,9-10,24H,4,8,11H2,1-3H3,(H2,18,20,21);1H. The molecule has 25 heavy (non-hydrogen) atoms. The minimum atomic E-state index is -1.05. The molecule has 0 saturated heterocycles. The number of halogens is 2. The molecule has 138 valence electrons. The van der Waals surface area contributed by atoms with Gasteiger partial charge in [-0.15, -0.1) is 24.0 Å². The van der Waals surface area contributed by atoms with Crippen molar-refractivity contribution in [3.05, 3.63) is 47.0 Å². The highest BCUT2D eigenvalue weighted by atomic mass is 127. The maximum atomic E-state index is 10.6. The first-order valence-electron chi connectivity index (χ1n) is 7.75. The maximum absolute atomic E-state index is 10.6. The zero-order valence-corrected chi connectivity index (χ0v) is 17.6. The molecule has 0 fully saturated rings. The third kappa shape index (κ3) is 6.79. The smallest absolute Gasteiger partial charge is 0.191 e. The molecule has 9 heteroatoms. The van der Waals surface area contributed by atoms with Gasteiger partial charge in [-0.2, -0.15) is 5.10 Å². The Balaban J connectivity index is 0.00000312. The quantitative estimate of drug-likeness (QED) is 0.256. The van der Waals surface area contributed by atoms with Gasteiger partial charge in [0, 0.05) is 31.5 Å². The molecule has 0 bridgehead atoms. The number of hydrogen-bond acceptors (Lipinski definition) is 4. The molecular formula is C16H24ClIN6O. The molecule has 0 aliphatic rings. The number of aromatic nitrogens is 3. The van der Waals surface area contributed by atoms with Crippen LogP contribution in [-0.2, 0) is 19.2 Å². The second kappa shape index (κ2) is 9.93. The lowest BCUT2D eigenvalue weighted by atomic mass is 10.00. The van der Waals surface area contributed by atoms with Crippen molar-refractivity contribution in [1.29, 1.82) is 0 Å². The molecule has 7 nitrogen and oxygen atoms in total. The van der Waals surface area contributed by atoms with E-state index in [1.165, 1.54) is 0 Å². The molecule has 1 atom stereocenters. The van der Waals surface area contributed by atoms with Crippen molar-refractivity contribution in [1.82, 2.24) is 25.4 Å². The summed E-state index contributed by atoms with van der Waals surface area (Å²) in [5.74, 6) is 0.622. The summed E-state index contributed by atoms with van der Waals surface area (Å²) >= 11 is 5.78. The molecule has 0 aliphatic heterocycles. The van der Waals surface area contributed by atoms with Gasteiger partial charge in [0.25, 0.3) is 0 Å². The summed E-state index contributed by atoms with van der Waals surface area (Å²) in [7, 11) is 1.82. The number of guanidine groups is 1. The molecule has 0 spiro atoms. The highest BCUT2D eigenvalue weighted by molar-refractivity contribution is 14.0. The highest BCUT2D eigenvalue weighted by Gasteiger charge is 2.24. The first-order chi connectivity index (χ1) is 11.4. The SMILES string of the molecule is CCNC(=NCc1ccc(Cl)nc1)NCC(C)(O)c1cnn(C)c1.I. The van der Waals surface area contributed by atoms with Gasteiger partial charge in [0.15, 0.2) is 5.96 Å². The minimum absolute atomic E-state index is 0. The second-order valence-corrected chi connectivity index (χ2v) is 6.10. The summed E-state index contributed by atoms with van der Waals surface area (Å²) < 4.78 is 1.66. The number of aryl methyl sites for hydroxylation is 1. The van der Waals surface area contributed by atoms with Crippen molar-refractivity contribution in [3.63, 3.8) is 0 Å². The Morgan fingerprint density at radius 3 is 2.68 bits per heavy atom. The number of nitrogens with zero attached hydrogens (tertiary/aromatic N) is 4. The molecule has 2 rings (SSSR count). The van der Waals surface area contributed by atoms with Crippen molar-refractivity contribution >= 4 is 41.5 Å². The van der Waals surface area contributed by atoms with E-state index < -0.39 is 5.60 Å². The normalized spacial score (nSPS) is 13.7. The molecule has 3 N–H and O–H groups in total. The van der Waals surface area contributed by atoms with Crippen LogP contribution in [0.3, 0.4) is 0 Å². The van der Waals surface area contributed by atoms with Crippen molar-refractivity contribution in [2.45, 2.75) is 26.0 Å². The third-order valence-corrected chi connectivity index (χ3v) is 3.70. The lowest BCUT2D eigenvalue weighted by molar-refractivity contribution is 0.0616. The van der Waals surface area contributed by atoms with E-state index in [0.717, 1.165) is 17.7 Å². The fraction of sp³-hybridized carbons (Fsp3) is 0.438. The largest absolute Gasteiger partial charge is 0.383 e. The van der Waals surface area contributed by atoms with E-state index in [1.54, 1.807) is 36.3 Å². The predicted molar refractivity (Wildman–Crippen MR) is 110 cm³/mol. The average Bonchev–Trinajstić information content (AvgIpc) is 2.99. The Morgan fingerprint density at radius 2 is 2.12 bits per heavy atom. The van der Waals surface area contributed by atoms with Crippen LogP contribution in [0.5, 0.6) is 0 Å². The zero-order valence-electron chi connectivity index (χ0n) is 14.5. The van der Waals surface area contributed by atoms with E-state index in [2.05, 4.69) is 25.7 Å². The van der Waals surface area contributed by atoms with Gasteiger partial charge in [-0.3, -0.25) is 4.68 Å². The lowest BCUT2D eigenvalue weighted by Gasteiger charge is -2.23. The van der Waals surface area contributed by atoms with Crippen LogP contribution in [0.2, 0.25) is 5.15 Å². The van der Waals surface area contributed by atoms with Crippen molar-refractivity contribution in [3.8, 4) is 0 Å². The first kappa shape index (κ1) is 21.7. The number of rotatable bonds is 6. The minimum Gasteiger partial charge on any atom is -0.383 e. The van der Waals surface area contributed by atoms with Crippen LogP contribution in [0.25, 0.3) is 0 Å². The molecule has 2 aromatic rings. The molecule has 1 unspecified atom stereocenters. The summed E-state index contributed by atoms with van der Waals surface area (Å²) in [5.41, 5.74) is 0.651. The highest BCUT2D eigenvalue weighted by Crippen LogP contribution is 2.18. The number of aliphatic hydroxyl groups is 1. The summed E-state index contributed by atoms with van der Waals surface area (Å²) in [6.07, 6.45) is 5.15. The van der Waals surface area contributed by atoms with Gasteiger partial charge in [0.2, 0.25) is 0 Å². The Labute approximate surface area is 169 Å². The van der Waals surface area contributed by atoms with Gasteiger partial charge in [-0.1, -0.05) is 17.7 Å². The molecule has 0 amide bonds. The lowest BCUT2D eigenvalue weighted by Crippen LogP contribution is -2.44. The van der Waals surface area contributed by atoms with Gasteiger partial charge in [0.05, 0.1) is 19.3 Å². The van der Waals surface area contributed by atoms with Gasteiger partial charge in [-0.25, -0.2) is 9.98 Å². The fourth-order valence-electron chi connectivity index (χ4n) is 2.07. The Morgan fingerprint density at radius 1 is 1.36 bits per heavy atom. The Kier molecular flexibility index (Phi) is 8.60. The van der Waals surface area contributed by atoms with Crippen LogP contribution >= 0.6 is 35.6 Å². The Hall–Kier alpha value is -1.39. The predicted octanol–water partition coefficient (Wildman–Crippen LogP) is 2.05. The third-order valence-electron chi connectivity index (χ3n) is 3.48. The monoisotopic (exact) mass is 478 g/mol. The average molecular weight is 479 g/mol. The van der Waals surface area contributed by atoms with Crippen LogP contribution in [0.4, 0.5) is 0 Å². The summed E-state index contributed by atoms with van der Waals surface area (Å²) in [6.45, 7) is 5.22. The van der Waals surface area contributed by atoms with Crippen LogP contribution in [-0.4, -0.2) is 38.9 Å². The molecular weight excluding hydrogens is 455 g/mol. The maximum Gasteiger partial charge on any atom is 0.191 e. The fourth-order valence-corrected chi connectivity index (χ4v) is 2.18. The van der Waals surface area contributed by atoms with Crippen LogP contribution in [0.1, 0.15) is 25.0 Å². The van der Waals surface area contributed by atoms with E-state index in [0.29, 0.717) is 24.2 Å². The van der Waals surface area contributed by atoms with Gasteiger partial charge >= 0.3 is 0 Å². The summed E-state index contributed by atoms with van der Waals surface area (Å²) in [4.78, 5) is 8.53. The van der Waals surface area contributed by atoms with Crippen molar-refractivity contribution in [2.75, 3.05) is 13.1 Å². The number of pyridine rings is 1. The van der Waals surface area contributed by atoms with Crippen LogP contribution in [0, 0.1) is 0 Å². The van der Waals surface area contributed by atoms with Crippen LogP contribution < -0.4 is 10.6 Å². The molecule has 0 aliphatic carbocycles. The number of nitrogens with one attached hydrogen (secondary N) is 2. The number of aliphatic imine (C=N–C) groups is 1. The first-order valence-corrected chi connectivity index (χ1v) is 8.12. The topological polar surface area (TPSA) is 87.4 Å². The van der Waals surface area contributed by atoms with Crippen molar-refractivity contribution in [2.24, 2.45) is 12.0 Å². The van der Waals surface area contributed by atoms with E-state index in [4.69, 9.17) is 11.6 Å². The molecule has 2 heterocycles. The molecule has 2 aromatic heterocycles. The summed E-state index contributed by atoms with van der Waals surface area (Å²) in [6, 6.07) is 3.62. The molecule has 0 saturated carbocycles. The van der Waals surface area contributed by atoms with E-state index >= 15 is 0 Å². The summed E-state index contributed by atoms with van der Waals surface area (Å²) in [5, 5.41) is 21.5. The molecule has 0 radical (unpaired) electrons. The molecule has 0 aromatic carbocycles. The van der Waals surface area contributed by atoms with Crippen molar-refractivity contribution < 1.29 is 5.11 Å². The van der Waals surface area contributed by atoms with Gasteiger partial charge in [0.1, 0.15) is 10.8 Å². The van der Waals surface area contributed by atoms with Gasteiger partial charge < -0.3 is 15.7 Å². The zero-order chi connectivity index (χ0) is 17.6. The number of hydrogen-bond donors (Lipinski definition) is 3.